The minimum absolute atomic E-state index is 0.0878. The van der Waals surface area contributed by atoms with Crippen LogP contribution in [0.3, 0.4) is 0 Å². The summed E-state index contributed by atoms with van der Waals surface area (Å²) < 4.78 is 50.3. The van der Waals surface area contributed by atoms with Crippen LogP contribution >= 0.6 is 11.6 Å². The van der Waals surface area contributed by atoms with Gasteiger partial charge in [0.1, 0.15) is 5.82 Å². The summed E-state index contributed by atoms with van der Waals surface area (Å²) in [7, 11) is 0. The molecule has 122 valence electrons. The van der Waals surface area contributed by atoms with E-state index in [9.17, 15) is 22.4 Å². The van der Waals surface area contributed by atoms with Crippen molar-refractivity contribution in [3.63, 3.8) is 0 Å². The van der Waals surface area contributed by atoms with Crippen molar-refractivity contribution in [3.05, 3.63) is 29.0 Å². The molecule has 1 aliphatic rings. The minimum atomic E-state index is -4.26. The molecule has 22 heavy (non-hydrogen) atoms. The summed E-state index contributed by atoms with van der Waals surface area (Å²) in [5.41, 5.74) is -0.0878. The Labute approximate surface area is 129 Å². The second kappa shape index (κ2) is 6.70. The highest BCUT2D eigenvalue weighted by Gasteiger charge is 2.34. The van der Waals surface area contributed by atoms with Gasteiger partial charge in [-0.3, -0.25) is 4.90 Å². The highest BCUT2D eigenvalue weighted by atomic mass is 35.5. The fourth-order valence-corrected chi connectivity index (χ4v) is 2.46. The largest absolute Gasteiger partial charge is 0.401 e. The highest BCUT2D eigenvalue weighted by molar-refractivity contribution is 6.30. The van der Waals surface area contributed by atoms with Crippen LogP contribution in [0.25, 0.3) is 0 Å². The maximum Gasteiger partial charge on any atom is 0.401 e. The predicted molar refractivity (Wildman–Crippen MR) is 74.5 cm³/mol. The number of nitrogens with one attached hydrogen (secondary N) is 2. The van der Waals surface area contributed by atoms with Crippen LogP contribution in [0.1, 0.15) is 6.42 Å². The van der Waals surface area contributed by atoms with Gasteiger partial charge in [0.05, 0.1) is 12.2 Å². The molecule has 2 rings (SSSR count). The first kappa shape index (κ1) is 16.8. The van der Waals surface area contributed by atoms with E-state index in [2.05, 4.69) is 10.6 Å². The van der Waals surface area contributed by atoms with Gasteiger partial charge >= 0.3 is 12.2 Å². The monoisotopic (exact) mass is 339 g/mol. The fraction of sp³-hybridized carbons (Fsp3) is 0.462. The topological polar surface area (TPSA) is 44.4 Å². The van der Waals surface area contributed by atoms with Crippen LogP contribution in [0.4, 0.5) is 28.0 Å². The third kappa shape index (κ3) is 5.03. The molecule has 0 spiro atoms. The molecule has 1 aromatic rings. The summed E-state index contributed by atoms with van der Waals surface area (Å²) in [5, 5.41) is 5.07. The number of anilines is 1. The third-order valence-electron chi connectivity index (χ3n) is 3.19. The van der Waals surface area contributed by atoms with Crippen LogP contribution in [-0.4, -0.2) is 42.8 Å². The van der Waals surface area contributed by atoms with Crippen molar-refractivity contribution in [1.29, 1.82) is 0 Å². The summed E-state index contributed by atoms with van der Waals surface area (Å²) in [4.78, 5) is 13.0. The van der Waals surface area contributed by atoms with Crippen molar-refractivity contribution in [2.24, 2.45) is 0 Å². The molecule has 1 atom stereocenters. The van der Waals surface area contributed by atoms with Gasteiger partial charge in [-0.15, -0.1) is 0 Å². The Morgan fingerprint density at radius 1 is 1.41 bits per heavy atom. The number of amides is 2. The molecule has 0 saturated carbocycles. The second-order valence-electron chi connectivity index (χ2n) is 5.06. The molecule has 0 aliphatic carbocycles. The molecule has 0 aromatic heterocycles. The normalized spacial score (nSPS) is 19.2. The standard InChI is InChI=1S/C13H14ClF4N3O/c14-8-1-2-10(15)11(5-8)20-12(22)19-9-3-4-21(6-9)7-13(16,17)18/h1-2,5,9H,3-4,6-7H2,(H2,19,20,22)/t9-/m0/s1. The van der Waals surface area contributed by atoms with Crippen LogP contribution < -0.4 is 10.6 Å². The number of carbonyl (C=O) groups is 1. The first-order valence-electron chi connectivity index (χ1n) is 6.54. The van der Waals surface area contributed by atoms with E-state index in [0.29, 0.717) is 6.42 Å². The minimum Gasteiger partial charge on any atom is -0.334 e. The Balaban J connectivity index is 1.84. The van der Waals surface area contributed by atoms with E-state index in [1.54, 1.807) is 0 Å². The van der Waals surface area contributed by atoms with Gasteiger partial charge in [-0.05, 0) is 24.6 Å². The molecule has 2 N–H and O–H groups in total. The van der Waals surface area contributed by atoms with Crippen molar-refractivity contribution in [3.8, 4) is 0 Å². The average molecular weight is 340 g/mol. The fourth-order valence-electron chi connectivity index (χ4n) is 2.28. The molecule has 1 heterocycles. The second-order valence-corrected chi connectivity index (χ2v) is 5.49. The number of carbonyl (C=O) groups excluding carboxylic acids is 1. The Morgan fingerprint density at radius 3 is 2.82 bits per heavy atom. The van der Waals surface area contributed by atoms with Gasteiger partial charge in [0.2, 0.25) is 0 Å². The lowest BCUT2D eigenvalue weighted by atomic mass is 10.2. The Kier molecular flexibility index (Phi) is 5.12. The molecule has 2 amide bonds. The van der Waals surface area contributed by atoms with Gasteiger partial charge in [0.15, 0.2) is 0 Å². The van der Waals surface area contributed by atoms with Crippen molar-refractivity contribution in [2.75, 3.05) is 25.0 Å². The van der Waals surface area contributed by atoms with Crippen LogP contribution in [0.5, 0.6) is 0 Å². The smallest absolute Gasteiger partial charge is 0.334 e. The zero-order valence-electron chi connectivity index (χ0n) is 11.4. The molecule has 4 nitrogen and oxygen atoms in total. The summed E-state index contributed by atoms with van der Waals surface area (Å²) in [6.07, 6.45) is -3.86. The lowest BCUT2D eigenvalue weighted by Gasteiger charge is -2.18. The summed E-state index contributed by atoms with van der Waals surface area (Å²) >= 11 is 5.70. The number of hydrogen-bond acceptors (Lipinski definition) is 2. The van der Waals surface area contributed by atoms with Crippen molar-refractivity contribution >= 4 is 23.3 Å². The number of benzene rings is 1. The van der Waals surface area contributed by atoms with E-state index in [0.717, 1.165) is 6.07 Å². The lowest BCUT2D eigenvalue weighted by Crippen LogP contribution is -2.41. The maximum atomic E-state index is 13.5. The average Bonchev–Trinajstić information content (AvgIpc) is 2.78. The quantitative estimate of drug-likeness (QED) is 0.830. The van der Waals surface area contributed by atoms with E-state index < -0.39 is 30.6 Å². The number of urea groups is 1. The van der Waals surface area contributed by atoms with E-state index in [-0.39, 0.29) is 23.8 Å². The van der Waals surface area contributed by atoms with Crippen molar-refractivity contribution < 1.29 is 22.4 Å². The molecule has 1 fully saturated rings. The van der Waals surface area contributed by atoms with Crippen LogP contribution in [0.15, 0.2) is 18.2 Å². The van der Waals surface area contributed by atoms with Gasteiger partial charge in [0.25, 0.3) is 0 Å². The van der Waals surface area contributed by atoms with Gasteiger partial charge in [-0.1, -0.05) is 11.6 Å². The van der Waals surface area contributed by atoms with E-state index >= 15 is 0 Å². The number of rotatable bonds is 3. The number of likely N-dealkylation sites (tertiary alicyclic amines) is 1. The number of alkyl halides is 3. The molecular formula is C13H14ClF4N3O. The van der Waals surface area contributed by atoms with Gasteiger partial charge in [-0.25, -0.2) is 9.18 Å². The zero-order chi connectivity index (χ0) is 16.3. The summed E-state index contributed by atoms with van der Waals surface area (Å²) in [6.45, 7) is -0.656. The lowest BCUT2D eigenvalue weighted by molar-refractivity contribution is -0.143. The zero-order valence-corrected chi connectivity index (χ0v) is 12.1. The molecule has 1 aliphatic heterocycles. The SMILES string of the molecule is O=C(Nc1cc(Cl)ccc1F)N[C@H]1CCN(CC(F)(F)F)C1. The van der Waals surface area contributed by atoms with Gasteiger partial charge < -0.3 is 10.6 Å². The van der Waals surface area contributed by atoms with Crippen LogP contribution in [0.2, 0.25) is 5.02 Å². The molecule has 9 heteroatoms. The van der Waals surface area contributed by atoms with Crippen LogP contribution in [0, 0.1) is 5.82 Å². The molecule has 0 radical (unpaired) electrons. The van der Waals surface area contributed by atoms with Crippen LogP contribution in [-0.2, 0) is 0 Å². The van der Waals surface area contributed by atoms with E-state index in [4.69, 9.17) is 11.6 Å². The van der Waals surface area contributed by atoms with Crippen molar-refractivity contribution in [1.82, 2.24) is 10.2 Å². The first-order valence-corrected chi connectivity index (χ1v) is 6.92. The molecule has 1 aromatic carbocycles. The molecule has 0 bridgehead atoms. The molecular weight excluding hydrogens is 326 g/mol. The first-order chi connectivity index (χ1) is 10.2. The number of halogens is 5. The Bertz CT molecular complexity index is 553. The van der Waals surface area contributed by atoms with E-state index in [1.165, 1.54) is 17.0 Å². The number of hydrogen-bond donors (Lipinski definition) is 2. The summed E-state index contributed by atoms with van der Waals surface area (Å²) in [5.74, 6) is -0.648. The molecule has 0 unspecified atom stereocenters. The predicted octanol–water partition coefficient (Wildman–Crippen LogP) is 3.24. The van der Waals surface area contributed by atoms with E-state index in [1.807, 2.05) is 0 Å². The van der Waals surface area contributed by atoms with Gasteiger partial charge in [-0.2, -0.15) is 13.2 Å². The highest BCUT2D eigenvalue weighted by Crippen LogP contribution is 2.21. The Hall–Kier alpha value is -1.54. The molecule has 1 saturated heterocycles. The third-order valence-corrected chi connectivity index (χ3v) is 3.42. The summed E-state index contributed by atoms with van der Waals surface area (Å²) in [6, 6.07) is 2.61. The number of nitrogens with zero attached hydrogens (tertiary/aromatic N) is 1. The Morgan fingerprint density at radius 2 is 2.14 bits per heavy atom. The maximum absolute atomic E-state index is 13.5. The van der Waals surface area contributed by atoms with Crippen molar-refractivity contribution in [2.45, 2.75) is 18.6 Å². The van der Waals surface area contributed by atoms with Gasteiger partial charge in [0, 0.05) is 24.2 Å².